The van der Waals surface area contributed by atoms with E-state index in [0.29, 0.717) is 18.0 Å². The minimum absolute atomic E-state index is 0.101. The molecular formula is C15H27N3O. The van der Waals surface area contributed by atoms with Crippen LogP contribution in [-0.4, -0.2) is 49.1 Å². The maximum absolute atomic E-state index is 12.6. The summed E-state index contributed by atoms with van der Waals surface area (Å²) in [5, 5.41) is 6.93. The first kappa shape index (κ1) is 13.4. The Labute approximate surface area is 116 Å². The highest BCUT2D eigenvalue weighted by molar-refractivity contribution is 5.82. The van der Waals surface area contributed by atoms with Gasteiger partial charge in [0.15, 0.2) is 0 Å². The number of carbonyl (C=O) groups is 1. The zero-order valence-corrected chi connectivity index (χ0v) is 12.0. The quantitative estimate of drug-likeness (QED) is 0.786. The molecule has 0 radical (unpaired) electrons. The SMILES string of the molecule is CNC1CCCN(C(=O)C2CC3CCCCC3N2)C1. The number of likely N-dealkylation sites (tertiary alicyclic amines) is 1. The number of piperidine rings is 1. The predicted octanol–water partition coefficient (Wildman–Crippen LogP) is 1.12. The molecule has 4 atom stereocenters. The van der Waals surface area contributed by atoms with E-state index >= 15 is 0 Å². The molecule has 1 amide bonds. The number of nitrogens with zero attached hydrogens (tertiary/aromatic N) is 1. The van der Waals surface area contributed by atoms with Gasteiger partial charge in [-0.1, -0.05) is 12.8 Å². The molecule has 3 fully saturated rings. The van der Waals surface area contributed by atoms with E-state index in [1.54, 1.807) is 0 Å². The average molecular weight is 265 g/mol. The monoisotopic (exact) mass is 265 g/mol. The van der Waals surface area contributed by atoms with Gasteiger partial charge in [0.1, 0.15) is 0 Å². The minimum Gasteiger partial charge on any atom is -0.340 e. The normalized spacial score (nSPS) is 39.1. The number of nitrogens with one attached hydrogen (secondary N) is 2. The average Bonchev–Trinajstić information content (AvgIpc) is 2.90. The lowest BCUT2D eigenvalue weighted by molar-refractivity contribution is -0.134. The smallest absolute Gasteiger partial charge is 0.239 e. The summed E-state index contributed by atoms with van der Waals surface area (Å²) in [5.74, 6) is 1.11. The van der Waals surface area contributed by atoms with Crippen molar-refractivity contribution >= 4 is 5.91 Å². The van der Waals surface area contributed by atoms with E-state index in [0.717, 1.165) is 31.8 Å². The van der Waals surface area contributed by atoms with Gasteiger partial charge in [-0.2, -0.15) is 0 Å². The molecule has 0 aromatic rings. The third-order valence-electron chi connectivity index (χ3n) is 5.30. The van der Waals surface area contributed by atoms with Crippen molar-refractivity contribution in [2.45, 2.75) is 63.1 Å². The fraction of sp³-hybridized carbons (Fsp3) is 0.933. The maximum Gasteiger partial charge on any atom is 0.239 e. The van der Waals surface area contributed by atoms with Crippen molar-refractivity contribution in [1.29, 1.82) is 0 Å². The van der Waals surface area contributed by atoms with Gasteiger partial charge in [-0.15, -0.1) is 0 Å². The number of carbonyl (C=O) groups excluding carboxylic acids is 1. The van der Waals surface area contributed by atoms with Crippen LogP contribution in [0.4, 0.5) is 0 Å². The first-order valence-electron chi connectivity index (χ1n) is 8.00. The Balaban J connectivity index is 1.58. The Morgan fingerprint density at radius 3 is 2.84 bits per heavy atom. The van der Waals surface area contributed by atoms with Crippen LogP contribution in [0.25, 0.3) is 0 Å². The first-order valence-corrected chi connectivity index (χ1v) is 8.00. The minimum atomic E-state index is 0.101. The van der Waals surface area contributed by atoms with Gasteiger partial charge in [0.2, 0.25) is 5.91 Å². The molecule has 108 valence electrons. The largest absolute Gasteiger partial charge is 0.340 e. The van der Waals surface area contributed by atoms with E-state index in [9.17, 15) is 4.79 Å². The van der Waals surface area contributed by atoms with E-state index in [2.05, 4.69) is 15.5 Å². The lowest BCUT2D eigenvalue weighted by atomic mass is 9.85. The predicted molar refractivity (Wildman–Crippen MR) is 75.9 cm³/mol. The standard InChI is InChI=1S/C15H27N3O/c1-16-12-6-4-8-18(10-12)15(19)14-9-11-5-2-3-7-13(11)17-14/h11-14,16-17H,2-10H2,1H3. The molecule has 0 spiro atoms. The number of likely N-dealkylation sites (N-methyl/N-ethyl adjacent to an activating group) is 1. The molecule has 0 aromatic heterocycles. The maximum atomic E-state index is 12.6. The van der Waals surface area contributed by atoms with Crippen LogP contribution in [0.5, 0.6) is 0 Å². The summed E-state index contributed by atoms with van der Waals surface area (Å²) < 4.78 is 0. The fourth-order valence-electron chi connectivity index (χ4n) is 4.14. The van der Waals surface area contributed by atoms with Crippen molar-refractivity contribution in [3.8, 4) is 0 Å². The number of amides is 1. The summed E-state index contributed by atoms with van der Waals surface area (Å²) >= 11 is 0. The van der Waals surface area contributed by atoms with Gasteiger partial charge in [0.25, 0.3) is 0 Å². The summed E-state index contributed by atoms with van der Waals surface area (Å²) in [7, 11) is 2.00. The van der Waals surface area contributed by atoms with Gasteiger partial charge in [-0.05, 0) is 45.1 Å². The van der Waals surface area contributed by atoms with E-state index < -0.39 is 0 Å². The summed E-state index contributed by atoms with van der Waals surface area (Å²) in [5.41, 5.74) is 0. The molecule has 0 aromatic carbocycles. The topological polar surface area (TPSA) is 44.4 Å². The van der Waals surface area contributed by atoms with Crippen molar-refractivity contribution in [2.75, 3.05) is 20.1 Å². The Morgan fingerprint density at radius 1 is 1.21 bits per heavy atom. The molecule has 2 N–H and O–H groups in total. The molecule has 4 unspecified atom stereocenters. The molecule has 3 aliphatic rings. The van der Waals surface area contributed by atoms with E-state index in [-0.39, 0.29) is 6.04 Å². The number of hydrogen-bond acceptors (Lipinski definition) is 3. The van der Waals surface area contributed by atoms with Crippen molar-refractivity contribution in [3.63, 3.8) is 0 Å². The number of hydrogen-bond donors (Lipinski definition) is 2. The Hall–Kier alpha value is -0.610. The number of rotatable bonds is 2. The molecule has 2 heterocycles. The van der Waals surface area contributed by atoms with E-state index in [1.807, 2.05) is 7.05 Å². The van der Waals surface area contributed by atoms with Crippen LogP contribution in [0, 0.1) is 5.92 Å². The molecule has 19 heavy (non-hydrogen) atoms. The van der Waals surface area contributed by atoms with Crippen LogP contribution < -0.4 is 10.6 Å². The Kier molecular flexibility index (Phi) is 4.08. The summed E-state index contributed by atoms with van der Waals surface area (Å²) in [6.45, 7) is 1.84. The zero-order chi connectivity index (χ0) is 13.2. The van der Waals surface area contributed by atoms with Gasteiger partial charge in [0, 0.05) is 25.2 Å². The third-order valence-corrected chi connectivity index (χ3v) is 5.30. The van der Waals surface area contributed by atoms with Crippen LogP contribution in [0.1, 0.15) is 44.9 Å². The van der Waals surface area contributed by atoms with Gasteiger partial charge < -0.3 is 15.5 Å². The lowest BCUT2D eigenvalue weighted by Gasteiger charge is -2.34. The van der Waals surface area contributed by atoms with Crippen molar-refractivity contribution in [1.82, 2.24) is 15.5 Å². The van der Waals surface area contributed by atoms with Crippen LogP contribution in [0.3, 0.4) is 0 Å². The van der Waals surface area contributed by atoms with E-state index in [1.165, 1.54) is 32.1 Å². The van der Waals surface area contributed by atoms with Crippen LogP contribution in [-0.2, 0) is 4.79 Å². The fourth-order valence-corrected chi connectivity index (χ4v) is 4.14. The van der Waals surface area contributed by atoms with Crippen molar-refractivity contribution in [3.05, 3.63) is 0 Å². The number of fused-ring (bicyclic) bond motifs is 1. The molecule has 0 bridgehead atoms. The van der Waals surface area contributed by atoms with E-state index in [4.69, 9.17) is 0 Å². The molecule has 4 heteroatoms. The molecule has 4 nitrogen and oxygen atoms in total. The molecular weight excluding hydrogens is 238 g/mol. The van der Waals surface area contributed by atoms with Crippen LogP contribution in [0.2, 0.25) is 0 Å². The Bertz CT molecular complexity index is 319. The van der Waals surface area contributed by atoms with Gasteiger partial charge in [0.05, 0.1) is 6.04 Å². The van der Waals surface area contributed by atoms with Crippen LogP contribution in [0.15, 0.2) is 0 Å². The Morgan fingerprint density at radius 2 is 2.05 bits per heavy atom. The second kappa shape index (κ2) is 5.80. The van der Waals surface area contributed by atoms with Crippen LogP contribution >= 0.6 is 0 Å². The summed E-state index contributed by atoms with van der Waals surface area (Å²) in [6.07, 6.45) is 8.69. The molecule has 2 saturated heterocycles. The molecule has 1 saturated carbocycles. The summed E-state index contributed by atoms with van der Waals surface area (Å²) in [6, 6.07) is 1.21. The highest BCUT2D eigenvalue weighted by Crippen LogP contribution is 2.33. The highest BCUT2D eigenvalue weighted by Gasteiger charge is 2.40. The van der Waals surface area contributed by atoms with Crippen molar-refractivity contribution in [2.24, 2.45) is 5.92 Å². The first-order chi connectivity index (χ1) is 9.28. The highest BCUT2D eigenvalue weighted by atomic mass is 16.2. The molecule has 1 aliphatic carbocycles. The second-order valence-electron chi connectivity index (χ2n) is 6.52. The second-order valence-corrected chi connectivity index (χ2v) is 6.52. The molecule has 2 aliphatic heterocycles. The zero-order valence-electron chi connectivity index (χ0n) is 12.0. The lowest BCUT2D eigenvalue weighted by Crippen LogP contribution is -2.52. The van der Waals surface area contributed by atoms with Crippen molar-refractivity contribution < 1.29 is 4.79 Å². The van der Waals surface area contributed by atoms with Gasteiger partial charge in [-0.3, -0.25) is 4.79 Å². The summed E-state index contributed by atoms with van der Waals surface area (Å²) in [4.78, 5) is 14.7. The third kappa shape index (κ3) is 2.79. The molecule has 3 rings (SSSR count). The van der Waals surface area contributed by atoms with Gasteiger partial charge in [-0.25, -0.2) is 0 Å². The van der Waals surface area contributed by atoms with Gasteiger partial charge >= 0.3 is 0 Å².